The van der Waals surface area contributed by atoms with Crippen LogP contribution in [-0.2, 0) is 9.53 Å². The Morgan fingerprint density at radius 1 is 1.25 bits per heavy atom. The highest BCUT2D eigenvalue weighted by Gasteiger charge is 2.24. The van der Waals surface area contributed by atoms with Gasteiger partial charge in [0, 0.05) is 9.13 Å². The van der Waals surface area contributed by atoms with E-state index in [1.165, 1.54) is 0 Å². The normalized spacial score (nSPS) is 14.6. The minimum absolute atomic E-state index is 0.187. The maximum atomic E-state index is 12.2. The second-order valence-corrected chi connectivity index (χ2v) is 7.36. The van der Waals surface area contributed by atoms with E-state index in [0.29, 0.717) is 35.3 Å². The van der Waals surface area contributed by atoms with E-state index < -0.39 is 5.97 Å². The average Bonchev–Trinajstić information content (AvgIpc) is 3.02. The van der Waals surface area contributed by atoms with E-state index in [0.717, 1.165) is 9.13 Å². The molecule has 0 unspecified atom stereocenters. The predicted molar refractivity (Wildman–Crippen MR) is 118 cm³/mol. The van der Waals surface area contributed by atoms with Crippen molar-refractivity contribution >= 4 is 52.1 Å². The number of carbonyl (C=O) groups excluding carboxylic acids is 1. The first-order valence-electron chi connectivity index (χ1n) is 8.50. The SMILES string of the molecule is C=CCOc1c(Cl)cc(/C=C2\N=C(c3ccc(I)cc3)OC2=O)cc1OCC. The standard InChI is InChI=1S/C21H17ClINO4/c1-3-9-27-19-16(22)10-13(12-18(19)26-4-2)11-17-21(25)28-20(24-17)14-5-7-15(23)8-6-14/h3,5-8,10-12H,1,4,9H2,2H3/b17-11-. The third kappa shape index (κ3) is 4.74. The summed E-state index contributed by atoms with van der Waals surface area (Å²) >= 11 is 8.55. The zero-order valence-corrected chi connectivity index (χ0v) is 18.0. The van der Waals surface area contributed by atoms with Crippen LogP contribution in [0, 0.1) is 3.57 Å². The average molecular weight is 510 g/mol. The van der Waals surface area contributed by atoms with Crippen molar-refractivity contribution < 1.29 is 19.0 Å². The maximum Gasteiger partial charge on any atom is 0.363 e. The molecule has 5 nitrogen and oxygen atoms in total. The summed E-state index contributed by atoms with van der Waals surface area (Å²) in [6.45, 7) is 6.23. The van der Waals surface area contributed by atoms with Crippen molar-refractivity contribution in [2.45, 2.75) is 6.92 Å². The Bertz CT molecular complexity index is 967. The zero-order valence-electron chi connectivity index (χ0n) is 15.1. The van der Waals surface area contributed by atoms with Crippen LogP contribution in [-0.4, -0.2) is 25.1 Å². The number of ether oxygens (including phenoxy) is 3. The van der Waals surface area contributed by atoms with E-state index in [-0.39, 0.29) is 11.6 Å². The molecule has 28 heavy (non-hydrogen) atoms. The first-order valence-corrected chi connectivity index (χ1v) is 9.96. The molecule has 2 aromatic carbocycles. The number of cyclic esters (lactones) is 1. The van der Waals surface area contributed by atoms with E-state index in [1.807, 2.05) is 31.2 Å². The molecule has 7 heteroatoms. The lowest BCUT2D eigenvalue weighted by Gasteiger charge is -2.13. The van der Waals surface area contributed by atoms with Crippen LogP contribution in [0.15, 0.2) is 59.7 Å². The summed E-state index contributed by atoms with van der Waals surface area (Å²) < 4.78 is 17.6. The molecule has 144 valence electrons. The summed E-state index contributed by atoms with van der Waals surface area (Å²) in [6, 6.07) is 11.0. The van der Waals surface area contributed by atoms with Crippen LogP contribution in [0.3, 0.4) is 0 Å². The van der Waals surface area contributed by atoms with Gasteiger partial charge in [-0.3, -0.25) is 0 Å². The van der Waals surface area contributed by atoms with Crippen LogP contribution in [0.5, 0.6) is 11.5 Å². The molecule has 0 saturated heterocycles. The van der Waals surface area contributed by atoms with Gasteiger partial charge in [-0.25, -0.2) is 9.79 Å². The van der Waals surface area contributed by atoms with Crippen molar-refractivity contribution in [1.82, 2.24) is 0 Å². The van der Waals surface area contributed by atoms with Gasteiger partial charge >= 0.3 is 5.97 Å². The monoisotopic (exact) mass is 509 g/mol. The number of halogens is 2. The van der Waals surface area contributed by atoms with E-state index in [9.17, 15) is 4.79 Å². The first-order chi connectivity index (χ1) is 13.5. The largest absolute Gasteiger partial charge is 0.490 e. The van der Waals surface area contributed by atoms with E-state index in [4.69, 9.17) is 25.8 Å². The summed E-state index contributed by atoms with van der Waals surface area (Å²) in [4.78, 5) is 16.5. The van der Waals surface area contributed by atoms with Crippen LogP contribution < -0.4 is 9.47 Å². The number of nitrogens with zero attached hydrogens (tertiary/aromatic N) is 1. The number of carbonyl (C=O) groups is 1. The maximum absolute atomic E-state index is 12.2. The molecule has 1 aliphatic heterocycles. The fourth-order valence-corrected chi connectivity index (χ4v) is 3.13. The Kier molecular flexibility index (Phi) is 6.74. The molecule has 1 aliphatic rings. The van der Waals surface area contributed by atoms with E-state index in [2.05, 4.69) is 34.2 Å². The lowest BCUT2D eigenvalue weighted by Crippen LogP contribution is -2.05. The highest BCUT2D eigenvalue weighted by atomic mass is 127. The van der Waals surface area contributed by atoms with Gasteiger partial charge in [0.25, 0.3) is 0 Å². The van der Waals surface area contributed by atoms with Crippen molar-refractivity contribution in [3.63, 3.8) is 0 Å². The quantitative estimate of drug-likeness (QED) is 0.221. The van der Waals surface area contributed by atoms with Crippen LogP contribution >= 0.6 is 34.2 Å². The van der Waals surface area contributed by atoms with Gasteiger partial charge < -0.3 is 14.2 Å². The number of rotatable bonds is 7. The zero-order chi connectivity index (χ0) is 20.1. The highest BCUT2D eigenvalue weighted by Crippen LogP contribution is 2.37. The molecule has 0 bridgehead atoms. The number of aliphatic imine (C=N–C) groups is 1. The highest BCUT2D eigenvalue weighted by molar-refractivity contribution is 14.1. The van der Waals surface area contributed by atoms with Crippen molar-refractivity contribution in [2.24, 2.45) is 4.99 Å². The molecule has 3 rings (SSSR count). The van der Waals surface area contributed by atoms with E-state index in [1.54, 1.807) is 24.3 Å². The second-order valence-electron chi connectivity index (χ2n) is 5.71. The first kappa shape index (κ1) is 20.4. The molecule has 0 fully saturated rings. The number of hydrogen-bond acceptors (Lipinski definition) is 5. The molecule has 1 heterocycles. The van der Waals surface area contributed by atoms with Crippen molar-refractivity contribution in [2.75, 3.05) is 13.2 Å². The molecular formula is C21H17ClINO4. The molecular weight excluding hydrogens is 493 g/mol. The van der Waals surface area contributed by atoms with Gasteiger partial charge in [-0.2, -0.15) is 0 Å². The summed E-state index contributed by atoms with van der Waals surface area (Å²) in [6.07, 6.45) is 3.23. The van der Waals surface area contributed by atoms with Gasteiger partial charge in [0.2, 0.25) is 5.90 Å². The summed E-state index contributed by atoms with van der Waals surface area (Å²) in [7, 11) is 0. The van der Waals surface area contributed by atoms with Crippen LogP contribution in [0.1, 0.15) is 18.1 Å². The van der Waals surface area contributed by atoms with Gasteiger partial charge in [0.15, 0.2) is 17.2 Å². The molecule has 0 aliphatic carbocycles. The molecule has 0 N–H and O–H groups in total. The Morgan fingerprint density at radius 3 is 2.68 bits per heavy atom. The molecule has 0 atom stereocenters. The number of esters is 1. The molecule has 0 spiro atoms. The van der Waals surface area contributed by atoms with Crippen LogP contribution in [0.25, 0.3) is 6.08 Å². The third-order valence-corrected chi connectivity index (χ3v) is 4.69. The van der Waals surface area contributed by atoms with Gasteiger partial charge in [0.05, 0.1) is 11.6 Å². The van der Waals surface area contributed by atoms with Gasteiger partial charge in [-0.05, 0) is 77.6 Å². The fourth-order valence-electron chi connectivity index (χ4n) is 2.50. The minimum atomic E-state index is -0.519. The smallest absolute Gasteiger partial charge is 0.363 e. The van der Waals surface area contributed by atoms with Crippen molar-refractivity contribution in [1.29, 1.82) is 0 Å². The molecule has 0 radical (unpaired) electrons. The lowest BCUT2D eigenvalue weighted by atomic mass is 10.1. The van der Waals surface area contributed by atoms with Crippen LogP contribution in [0.2, 0.25) is 5.02 Å². The predicted octanol–water partition coefficient (Wildman–Crippen LogP) is 5.25. The summed E-state index contributed by atoms with van der Waals surface area (Å²) in [5.74, 6) is 0.670. The number of hydrogen-bond donors (Lipinski definition) is 0. The van der Waals surface area contributed by atoms with Gasteiger partial charge in [-0.15, -0.1) is 0 Å². The molecule has 0 amide bonds. The van der Waals surface area contributed by atoms with Crippen molar-refractivity contribution in [3.05, 3.63) is 74.5 Å². The summed E-state index contributed by atoms with van der Waals surface area (Å²) in [5.41, 5.74) is 1.57. The Morgan fingerprint density at radius 2 is 2.00 bits per heavy atom. The summed E-state index contributed by atoms with van der Waals surface area (Å²) in [5, 5.41) is 0.368. The molecule has 2 aromatic rings. The van der Waals surface area contributed by atoms with Gasteiger partial charge in [-0.1, -0.05) is 24.3 Å². The Hall–Kier alpha value is -2.32. The molecule has 0 saturated carbocycles. The van der Waals surface area contributed by atoms with Gasteiger partial charge in [0.1, 0.15) is 6.61 Å². The van der Waals surface area contributed by atoms with E-state index >= 15 is 0 Å². The Balaban J connectivity index is 1.94. The second kappa shape index (κ2) is 9.25. The lowest BCUT2D eigenvalue weighted by molar-refractivity contribution is -0.129. The topological polar surface area (TPSA) is 57.1 Å². The minimum Gasteiger partial charge on any atom is -0.490 e. The molecule has 0 aromatic heterocycles. The third-order valence-electron chi connectivity index (χ3n) is 3.69. The Labute approximate surface area is 181 Å². The van der Waals surface area contributed by atoms with Crippen LogP contribution in [0.4, 0.5) is 0 Å². The number of benzene rings is 2. The fraction of sp³-hybridized carbons (Fsp3) is 0.143. The van der Waals surface area contributed by atoms with Crippen molar-refractivity contribution in [3.8, 4) is 11.5 Å².